The third-order valence-corrected chi connectivity index (χ3v) is 4.97. The van der Waals surface area contributed by atoms with Crippen LogP contribution in [0, 0.1) is 5.41 Å². The van der Waals surface area contributed by atoms with Crippen molar-refractivity contribution >= 4 is 0 Å². The Bertz CT molecular complexity index is 290. The SMILES string of the molecule is OC1(C2=CCCO2)CCC2(CCCC2)CC1. The van der Waals surface area contributed by atoms with Crippen LogP contribution in [0.5, 0.6) is 0 Å². The fraction of sp³-hybridized carbons (Fsp3) is 0.857. The summed E-state index contributed by atoms with van der Waals surface area (Å²) in [6.45, 7) is 0.767. The van der Waals surface area contributed by atoms with Crippen molar-refractivity contribution < 1.29 is 9.84 Å². The fourth-order valence-electron chi connectivity index (χ4n) is 3.81. The van der Waals surface area contributed by atoms with Gasteiger partial charge >= 0.3 is 0 Å². The minimum atomic E-state index is -0.621. The van der Waals surface area contributed by atoms with E-state index in [0.29, 0.717) is 5.41 Å². The van der Waals surface area contributed by atoms with E-state index in [4.69, 9.17) is 4.74 Å². The van der Waals surface area contributed by atoms with Crippen LogP contribution >= 0.6 is 0 Å². The van der Waals surface area contributed by atoms with Crippen LogP contribution < -0.4 is 0 Å². The van der Waals surface area contributed by atoms with Gasteiger partial charge in [-0.2, -0.15) is 0 Å². The molecule has 0 aromatic carbocycles. The van der Waals surface area contributed by atoms with Crippen LogP contribution in [0.2, 0.25) is 0 Å². The van der Waals surface area contributed by atoms with Crippen molar-refractivity contribution in [3.05, 3.63) is 11.8 Å². The van der Waals surface area contributed by atoms with Gasteiger partial charge in [-0.05, 0) is 50.0 Å². The van der Waals surface area contributed by atoms with Crippen LogP contribution in [0.3, 0.4) is 0 Å². The molecule has 2 fully saturated rings. The zero-order valence-corrected chi connectivity index (χ0v) is 10.0. The molecular weight excluding hydrogens is 200 g/mol. The van der Waals surface area contributed by atoms with Gasteiger partial charge in [0.2, 0.25) is 0 Å². The van der Waals surface area contributed by atoms with Gasteiger partial charge in [0, 0.05) is 6.42 Å². The van der Waals surface area contributed by atoms with Crippen LogP contribution in [-0.4, -0.2) is 17.3 Å². The van der Waals surface area contributed by atoms with E-state index < -0.39 is 5.60 Å². The van der Waals surface area contributed by atoms with Gasteiger partial charge in [-0.1, -0.05) is 12.8 Å². The van der Waals surface area contributed by atoms with Crippen molar-refractivity contribution in [2.45, 2.75) is 63.4 Å². The summed E-state index contributed by atoms with van der Waals surface area (Å²) >= 11 is 0. The molecule has 1 N–H and O–H groups in total. The molecule has 0 atom stereocenters. The second-order valence-electron chi connectivity index (χ2n) is 5.94. The summed E-state index contributed by atoms with van der Waals surface area (Å²) in [5.74, 6) is 0.875. The third kappa shape index (κ3) is 1.67. The normalized spacial score (nSPS) is 31.4. The number of ether oxygens (including phenoxy) is 1. The van der Waals surface area contributed by atoms with Gasteiger partial charge in [-0.15, -0.1) is 0 Å². The molecule has 90 valence electrons. The first kappa shape index (κ1) is 10.6. The second kappa shape index (κ2) is 3.76. The van der Waals surface area contributed by atoms with Crippen LogP contribution in [0.15, 0.2) is 11.8 Å². The van der Waals surface area contributed by atoms with E-state index in [-0.39, 0.29) is 0 Å². The zero-order valence-electron chi connectivity index (χ0n) is 10.0. The average molecular weight is 222 g/mol. The molecular formula is C14H22O2. The van der Waals surface area contributed by atoms with Crippen LogP contribution in [0.25, 0.3) is 0 Å². The van der Waals surface area contributed by atoms with Gasteiger partial charge in [0.25, 0.3) is 0 Å². The molecule has 0 unspecified atom stereocenters. The van der Waals surface area contributed by atoms with E-state index in [0.717, 1.165) is 31.6 Å². The minimum absolute atomic E-state index is 0.589. The maximum Gasteiger partial charge on any atom is 0.124 e. The van der Waals surface area contributed by atoms with Gasteiger partial charge in [0.15, 0.2) is 0 Å². The van der Waals surface area contributed by atoms with Crippen molar-refractivity contribution in [3.63, 3.8) is 0 Å². The summed E-state index contributed by atoms with van der Waals surface area (Å²) in [7, 11) is 0. The predicted molar refractivity (Wildman–Crippen MR) is 63.0 cm³/mol. The maximum absolute atomic E-state index is 10.6. The molecule has 2 nitrogen and oxygen atoms in total. The van der Waals surface area contributed by atoms with Gasteiger partial charge < -0.3 is 9.84 Å². The Labute approximate surface area is 97.7 Å². The van der Waals surface area contributed by atoms with Crippen molar-refractivity contribution in [2.24, 2.45) is 5.41 Å². The highest BCUT2D eigenvalue weighted by atomic mass is 16.5. The van der Waals surface area contributed by atoms with Gasteiger partial charge in [-0.3, -0.25) is 0 Å². The summed E-state index contributed by atoms with van der Waals surface area (Å²) in [4.78, 5) is 0. The van der Waals surface area contributed by atoms with E-state index in [2.05, 4.69) is 6.08 Å². The molecule has 0 aromatic rings. The van der Waals surface area contributed by atoms with Gasteiger partial charge in [0.1, 0.15) is 11.4 Å². The highest BCUT2D eigenvalue weighted by Crippen LogP contribution is 2.52. The van der Waals surface area contributed by atoms with Gasteiger partial charge in [0.05, 0.1) is 6.61 Å². The summed E-state index contributed by atoms with van der Waals surface area (Å²) in [5, 5.41) is 10.6. The van der Waals surface area contributed by atoms with E-state index in [1.54, 1.807) is 0 Å². The molecule has 0 radical (unpaired) electrons. The smallest absolute Gasteiger partial charge is 0.124 e. The predicted octanol–water partition coefficient (Wildman–Crippen LogP) is 3.16. The second-order valence-corrected chi connectivity index (χ2v) is 5.94. The highest BCUT2D eigenvalue weighted by molar-refractivity contribution is 5.15. The molecule has 1 heterocycles. The molecule has 1 aliphatic heterocycles. The molecule has 0 saturated heterocycles. The Morgan fingerprint density at radius 1 is 1.00 bits per heavy atom. The molecule has 0 amide bonds. The lowest BCUT2D eigenvalue weighted by Gasteiger charge is -2.42. The highest BCUT2D eigenvalue weighted by Gasteiger charge is 2.45. The largest absolute Gasteiger partial charge is 0.495 e. The third-order valence-electron chi connectivity index (χ3n) is 4.97. The standard InChI is InChI=1S/C14H22O2/c15-14(12-4-3-11-16-12)9-7-13(8-10-14)5-1-2-6-13/h4,15H,1-3,5-11H2. The van der Waals surface area contributed by atoms with Crippen LogP contribution in [0.1, 0.15) is 57.8 Å². The van der Waals surface area contributed by atoms with E-state index in [1.807, 2.05) is 0 Å². The lowest BCUT2D eigenvalue weighted by Crippen LogP contribution is -2.39. The summed E-state index contributed by atoms with van der Waals surface area (Å²) in [5.41, 5.74) is -0.0320. The molecule has 16 heavy (non-hydrogen) atoms. The van der Waals surface area contributed by atoms with Crippen molar-refractivity contribution in [1.82, 2.24) is 0 Å². The van der Waals surface area contributed by atoms with Crippen molar-refractivity contribution in [2.75, 3.05) is 6.61 Å². The molecule has 2 aliphatic carbocycles. The molecule has 1 spiro atoms. The first-order valence-electron chi connectivity index (χ1n) is 6.78. The lowest BCUT2D eigenvalue weighted by molar-refractivity contribution is -0.0398. The summed E-state index contributed by atoms with van der Waals surface area (Å²) < 4.78 is 5.56. The Balaban J connectivity index is 1.69. The number of aliphatic hydroxyl groups is 1. The number of rotatable bonds is 1. The van der Waals surface area contributed by atoms with E-state index >= 15 is 0 Å². The molecule has 3 aliphatic rings. The Morgan fingerprint density at radius 2 is 1.69 bits per heavy atom. The first-order valence-corrected chi connectivity index (χ1v) is 6.78. The zero-order chi connectivity index (χ0) is 11.1. The quantitative estimate of drug-likeness (QED) is 0.738. The molecule has 0 aromatic heterocycles. The summed E-state index contributed by atoms with van der Waals surface area (Å²) in [6.07, 6.45) is 12.9. The van der Waals surface area contributed by atoms with E-state index in [9.17, 15) is 5.11 Å². The minimum Gasteiger partial charge on any atom is -0.495 e. The Hall–Kier alpha value is -0.500. The first-order chi connectivity index (χ1) is 7.73. The molecule has 0 bridgehead atoms. The monoisotopic (exact) mass is 222 g/mol. The number of hydrogen-bond acceptors (Lipinski definition) is 2. The molecule has 3 rings (SSSR count). The fourth-order valence-corrected chi connectivity index (χ4v) is 3.81. The maximum atomic E-state index is 10.6. The topological polar surface area (TPSA) is 29.5 Å². The molecule has 2 saturated carbocycles. The average Bonchev–Trinajstić information content (AvgIpc) is 2.96. The van der Waals surface area contributed by atoms with E-state index in [1.165, 1.54) is 38.5 Å². The molecule has 2 heteroatoms. The van der Waals surface area contributed by atoms with Gasteiger partial charge in [-0.25, -0.2) is 0 Å². The Kier molecular flexibility index (Phi) is 2.50. The van der Waals surface area contributed by atoms with Crippen LogP contribution in [-0.2, 0) is 4.74 Å². The Morgan fingerprint density at radius 3 is 2.25 bits per heavy atom. The number of hydrogen-bond donors (Lipinski definition) is 1. The lowest BCUT2D eigenvalue weighted by atomic mass is 9.67. The van der Waals surface area contributed by atoms with Crippen LogP contribution in [0.4, 0.5) is 0 Å². The summed E-state index contributed by atoms with van der Waals surface area (Å²) in [6, 6.07) is 0. The van der Waals surface area contributed by atoms with Crippen molar-refractivity contribution in [3.8, 4) is 0 Å². The van der Waals surface area contributed by atoms with Crippen molar-refractivity contribution in [1.29, 1.82) is 0 Å².